The van der Waals surface area contributed by atoms with Crippen molar-refractivity contribution < 1.29 is 19.7 Å². The highest BCUT2D eigenvalue weighted by molar-refractivity contribution is 14.1. The number of methoxy groups -OCH3 is 2. The Morgan fingerprint density at radius 3 is 2.41 bits per heavy atom. The van der Waals surface area contributed by atoms with E-state index in [4.69, 9.17) is 14.7 Å². The summed E-state index contributed by atoms with van der Waals surface area (Å²) in [6, 6.07) is 4.75. The van der Waals surface area contributed by atoms with Crippen LogP contribution in [0.2, 0.25) is 0 Å². The Morgan fingerprint density at radius 2 is 1.94 bits per heavy atom. The van der Waals surface area contributed by atoms with Gasteiger partial charge >= 0.3 is 0 Å². The van der Waals surface area contributed by atoms with Crippen LogP contribution in [-0.2, 0) is 0 Å². The molecule has 0 saturated carbocycles. The van der Waals surface area contributed by atoms with Crippen LogP contribution in [0.1, 0.15) is 11.7 Å². The molecule has 2 atom stereocenters. The summed E-state index contributed by atoms with van der Waals surface area (Å²) < 4.78 is 11.0. The molecular formula is C11H12INO4. The maximum atomic E-state index is 9.72. The van der Waals surface area contributed by atoms with Crippen LogP contribution in [0.3, 0.4) is 0 Å². The summed E-state index contributed by atoms with van der Waals surface area (Å²) in [5.41, 5.74) is 0.404. The third-order valence-electron chi connectivity index (χ3n) is 2.23. The van der Waals surface area contributed by atoms with Gasteiger partial charge in [-0.25, -0.2) is 0 Å². The predicted octanol–water partition coefficient (Wildman–Crippen LogP) is 1.23. The Kier molecular flexibility index (Phi) is 4.99. The molecule has 2 unspecified atom stereocenters. The minimum absolute atomic E-state index is 0.404. The molecule has 0 saturated heterocycles. The molecule has 0 radical (unpaired) electrons. The molecule has 0 bridgehead atoms. The van der Waals surface area contributed by atoms with Gasteiger partial charge in [0.2, 0.25) is 0 Å². The summed E-state index contributed by atoms with van der Waals surface area (Å²) in [7, 11) is 2.99. The summed E-state index contributed by atoms with van der Waals surface area (Å²) in [6.07, 6.45) is -2.74. The Labute approximate surface area is 113 Å². The van der Waals surface area contributed by atoms with Gasteiger partial charge in [-0.15, -0.1) is 0 Å². The van der Waals surface area contributed by atoms with Crippen molar-refractivity contribution in [1.82, 2.24) is 0 Å². The van der Waals surface area contributed by atoms with Gasteiger partial charge in [0.25, 0.3) is 0 Å². The first-order valence-electron chi connectivity index (χ1n) is 4.72. The van der Waals surface area contributed by atoms with Crippen molar-refractivity contribution >= 4 is 22.6 Å². The number of benzene rings is 1. The maximum absolute atomic E-state index is 9.72. The lowest BCUT2D eigenvalue weighted by Crippen LogP contribution is -2.16. The van der Waals surface area contributed by atoms with E-state index in [1.807, 2.05) is 22.6 Å². The molecule has 0 aliphatic rings. The fraction of sp³-hybridized carbons (Fsp3) is 0.364. The highest BCUT2D eigenvalue weighted by Crippen LogP contribution is 2.35. The summed E-state index contributed by atoms with van der Waals surface area (Å²) in [5, 5.41) is 27.5. The van der Waals surface area contributed by atoms with Crippen LogP contribution < -0.4 is 9.47 Å². The molecule has 17 heavy (non-hydrogen) atoms. The molecule has 1 rings (SSSR count). The lowest BCUT2D eigenvalue weighted by Gasteiger charge is -2.16. The van der Waals surface area contributed by atoms with Gasteiger partial charge in [-0.3, -0.25) is 0 Å². The van der Waals surface area contributed by atoms with Gasteiger partial charge in [0.1, 0.15) is 6.10 Å². The van der Waals surface area contributed by atoms with Gasteiger partial charge in [-0.1, -0.05) is 0 Å². The molecule has 0 aromatic heterocycles. The third kappa shape index (κ3) is 3.00. The molecular weight excluding hydrogens is 337 g/mol. The van der Waals surface area contributed by atoms with E-state index in [1.54, 1.807) is 12.1 Å². The molecule has 0 amide bonds. The van der Waals surface area contributed by atoms with E-state index in [9.17, 15) is 10.2 Å². The van der Waals surface area contributed by atoms with Crippen LogP contribution in [0.5, 0.6) is 11.5 Å². The van der Waals surface area contributed by atoms with E-state index in [0.29, 0.717) is 17.1 Å². The van der Waals surface area contributed by atoms with Crippen molar-refractivity contribution in [3.8, 4) is 17.6 Å². The lowest BCUT2D eigenvalue weighted by molar-refractivity contribution is 0.0525. The first-order valence-corrected chi connectivity index (χ1v) is 5.80. The number of ether oxygens (including phenoxy) is 2. The van der Waals surface area contributed by atoms with Crippen molar-refractivity contribution in [3.05, 3.63) is 21.3 Å². The number of rotatable bonds is 4. The van der Waals surface area contributed by atoms with Crippen molar-refractivity contribution in [2.75, 3.05) is 14.2 Å². The predicted molar refractivity (Wildman–Crippen MR) is 68.8 cm³/mol. The fourth-order valence-corrected chi connectivity index (χ4v) is 2.21. The monoisotopic (exact) mass is 349 g/mol. The van der Waals surface area contributed by atoms with Crippen LogP contribution in [0.4, 0.5) is 0 Å². The van der Waals surface area contributed by atoms with Gasteiger partial charge in [0.15, 0.2) is 17.6 Å². The zero-order chi connectivity index (χ0) is 13.0. The number of hydrogen-bond acceptors (Lipinski definition) is 5. The quantitative estimate of drug-likeness (QED) is 0.631. The first-order chi connectivity index (χ1) is 8.04. The molecule has 0 aliphatic heterocycles. The van der Waals surface area contributed by atoms with Gasteiger partial charge in [0.05, 0.1) is 23.9 Å². The van der Waals surface area contributed by atoms with Crippen LogP contribution in [0.25, 0.3) is 0 Å². The van der Waals surface area contributed by atoms with Crippen molar-refractivity contribution in [2.45, 2.75) is 12.2 Å². The van der Waals surface area contributed by atoms with E-state index in [-0.39, 0.29) is 0 Å². The summed E-state index contributed by atoms with van der Waals surface area (Å²) in [6.45, 7) is 0. The number of halogens is 1. The molecule has 0 spiro atoms. The van der Waals surface area contributed by atoms with Crippen molar-refractivity contribution in [1.29, 1.82) is 5.26 Å². The van der Waals surface area contributed by atoms with Gasteiger partial charge in [-0.05, 0) is 40.3 Å². The zero-order valence-electron chi connectivity index (χ0n) is 9.35. The second kappa shape index (κ2) is 6.05. The second-order valence-electron chi connectivity index (χ2n) is 3.26. The van der Waals surface area contributed by atoms with E-state index >= 15 is 0 Å². The fourth-order valence-electron chi connectivity index (χ4n) is 1.36. The van der Waals surface area contributed by atoms with E-state index in [0.717, 1.165) is 3.57 Å². The molecule has 6 heteroatoms. The van der Waals surface area contributed by atoms with E-state index < -0.39 is 12.2 Å². The van der Waals surface area contributed by atoms with E-state index in [2.05, 4.69) is 0 Å². The number of aliphatic hydroxyl groups excluding tert-OH is 2. The molecule has 5 nitrogen and oxygen atoms in total. The van der Waals surface area contributed by atoms with Crippen LogP contribution >= 0.6 is 22.6 Å². The number of nitriles is 1. The Morgan fingerprint density at radius 1 is 1.29 bits per heavy atom. The van der Waals surface area contributed by atoms with Crippen molar-refractivity contribution in [3.63, 3.8) is 0 Å². The van der Waals surface area contributed by atoms with Crippen LogP contribution in [0, 0.1) is 14.9 Å². The van der Waals surface area contributed by atoms with E-state index in [1.165, 1.54) is 20.3 Å². The summed E-state index contributed by atoms with van der Waals surface area (Å²) in [5.74, 6) is 0.995. The first kappa shape index (κ1) is 14.0. The molecule has 0 fully saturated rings. The number of nitrogens with zero attached hydrogens (tertiary/aromatic N) is 1. The largest absolute Gasteiger partial charge is 0.493 e. The minimum Gasteiger partial charge on any atom is -0.493 e. The summed E-state index contributed by atoms with van der Waals surface area (Å²) in [4.78, 5) is 0. The smallest absolute Gasteiger partial charge is 0.174 e. The van der Waals surface area contributed by atoms with Gasteiger partial charge in [0, 0.05) is 0 Å². The Balaban J connectivity index is 3.21. The zero-order valence-corrected chi connectivity index (χ0v) is 11.5. The molecule has 0 aliphatic carbocycles. The lowest BCUT2D eigenvalue weighted by atomic mass is 10.0. The Hall–Kier alpha value is -1.04. The number of aliphatic hydroxyl groups is 2. The third-order valence-corrected chi connectivity index (χ3v) is 3.03. The molecule has 2 N–H and O–H groups in total. The van der Waals surface area contributed by atoms with Crippen LogP contribution in [0.15, 0.2) is 12.1 Å². The highest BCUT2D eigenvalue weighted by atomic mass is 127. The molecule has 0 heterocycles. The number of hydrogen-bond donors (Lipinski definition) is 2. The van der Waals surface area contributed by atoms with Crippen molar-refractivity contribution in [2.24, 2.45) is 0 Å². The minimum atomic E-state index is -1.47. The van der Waals surface area contributed by atoms with Gasteiger partial charge in [-0.2, -0.15) is 5.26 Å². The molecule has 92 valence electrons. The SMILES string of the molecule is COc1cc(C(O)C(O)C#N)cc(I)c1OC. The maximum Gasteiger partial charge on any atom is 0.174 e. The normalized spacial score (nSPS) is 13.6. The second-order valence-corrected chi connectivity index (χ2v) is 4.42. The Bertz CT molecular complexity index is 444. The molecule has 1 aromatic carbocycles. The standard InChI is InChI=1S/C11H12INO4/c1-16-9-4-6(10(15)8(14)5-13)3-7(12)11(9)17-2/h3-4,8,10,14-15H,1-2H3. The highest BCUT2D eigenvalue weighted by Gasteiger charge is 2.21. The van der Waals surface area contributed by atoms with Crippen LogP contribution in [-0.4, -0.2) is 30.5 Å². The molecule has 1 aromatic rings. The topological polar surface area (TPSA) is 82.7 Å². The summed E-state index contributed by atoms with van der Waals surface area (Å²) >= 11 is 2.02. The average Bonchev–Trinajstić information content (AvgIpc) is 2.35. The van der Waals surface area contributed by atoms with Gasteiger partial charge < -0.3 is 19.7 Å². The average molecular weight is 349 g/mol.